The Morgan fingerprint density at radius 1 is 1.17 bits per heavy atom. The highest BCUT2D eigenvalue weighted by Gasteiger charge is 2.23. The van der Waals surface area contributed by atoms with Gasteiger partial charge in [0.1, 0.15) is 10.7 Å². The molecular weight excluding hydrogens is 400 g/mol. The first-order chi connectivity index (χ1) is 14.7. The number of benzene rings is 1. The van der Waals surface area contributed by atoms with Crippen molar-refractivity contribution in [1.29, 1.82) is 5.26 Å². The number of nitriles is 1. The number of amides is 1. The quantitative estimate of drug-likeness (QED) is 0.623. The fourth-order valence-electron chi connectivity index (χ4n) is 3.19. The van der Waals surface area contributed by atoms with Gasteiger partial charge in [0.15, 0.2) is 5.57 Å². The summed E-state index contributed by atoms with van der Waals surface area (Å²) in [5.74, 6) is -0.389. The molecule has 0 bridgehead atoms. The molecule has 0 spiro atoms. The van der Waals surface area contributed by atoms with E-state index in [4.69, 9.17) is 4.74 Å². The maximum absolute atomic E-state index is 13.3. The van der Waals surface area contributed by atoms with Crippen LogP contribution in [0.25, 0.3) is 17.3 Å². The monoisotopic (exact) mass is 418 g/mol. The summed E-state index contributed by atoms with van der Waals surface area (Å²) in [5.41, 5.74) is 1.03. The topological polar surface area (TPSA) is 88.2 Å². The third-order valence-corrected chi connectivity index (χ3v) is 5.75. The SMILES string of the molecule is N#CC(C(=O)N1CCOCC1)=c1sc(=Cc2cccnc2)c(=O)n1-c1ccccc1. The predicted octanol–water partition coefficient (Wildman–Crippen LogP) is 0.656. The van der Waals surface area contributed by atoms with Gasteiger partial charge in [0.2, 0.25) is 0 Å². The lowest BCUT2D eigenvalue weighted by Gasteiger charge is -2.26. The summed E-state index contributed by atoms with van der Waals surface area (Å²) in [6.45, 7) is 1.69. The standard InChI is InChI=1S/C22H18N4O3S/c23-14-18(20(27)25-9-11-29-12-10-25)22-26(17-6-2-1-3-7-17)21(28)19(30-22)13-16-5-4-8-24-15-16/h1-8,13,15H,9-12H2. The summed E-state index contributed by atoms with van der Waals surface area (Å²) in [4.78, 5) is 32.0. The van der Waals surface area contributed by atoms with Crippen molar-refractivity contribution in [2.45, 2.75) is 0 Å². The molecule has 1 aliphatic rings. The lowest BCUT2D eigenvalue weighted by atomic mass is 10.2. The molecule has 30 heavy (non-hydrogen) atoms. The second-order valence-electron chi connectivity index (χ2n) is 6.57. The van der Waals surface area contributed by atoms with Gasteiger partial charge in [-0.3, -0.25) is 19.1 Å². The number of hydrogen-bond acceptors (Lipinski definition) is 6. The van der Waals surface area contributed by atoms with Crippen LogP contribution in [0.2, 0.25) is 0 Å². The number of morpholine rings is 1. The fraction of sp³-hybridized carbons (Fsp3) is 0.182. The van der Waals surface area contributed by atoms with Crippen molar-refractivity contribution in [3.63, 3.8) is 0 Å². The Hall–Kier alpha value is -3.54. The third kappa shape index (κ3) is 3.94. The number of hydrogen-bond donors (Lipinski definition) is 0. The molecular formula is C22H18N4O3S. The molecule has 0 saturated carbocycles. The Morgan fingerprint density at radius 2 is 1.93 bits per heavy atom. The normalized spacial score (nSPS) is 15.6. The number of rotatable bonds is 3. The number of ether oxygens (including phenoxy) is 1. The van der Waals surface area contributed by atoms with E-state index in [1.54, 1.807) is 41.6 Å². The van der Waals surface area contributed by atoms with Gasteiger partial charge in [0, 0.05) is 25.5 Å². The van der Waals surface area contributed by atoms with Gasteiger partial charge < -0.3 is 9.64 Å². The van der Waals surface area contributed by atoms with E-state index < -0.39 is 0 Å². The number of carbonyl (C=O) groups is 1. The predicted molar refractivity (Wildman–Crippen MR) is 113 cm³/mol. The van der Waals surface area contributed by atoms with Gasteiger partial charge in [-0.2, -0.15) is 5.26 Å². The van der Waals surface area contributed by atoms with Crippen molar-refractivity contribution < 1.29 is 9.53 Å². The minimum absolute atomic E-state index is 0.0475. The Kier molecular flexibility index (Phi) is 5.84. The summed E-state index contributed by atoms with van der Waals surface area (Å²) >= 11 is 1.13. The molecule has 1 amide bonds. The average molecular weight is 418 g/mol. The lowest BCUT2D eigenvalue weighted by molar-refractivity contribution is -0.128. The van der Waals surface area contributed by atoms with Crippen molar-refractivity contribution in [2.75, 3.05) is 26.3 Å². The number of pyridine rings is 1. The zero-order valence-electron chi connectivity index (χ0n) is 16.0. The molecule has 0 unspecified atom stereocenters. The second kappa shape index (κ2) is 8.86. The van der Waals surface area contributed by atoms with E-state index in [2.05, 4.69) is 4.98 Å². The van der Waals surface area contributed by atoms with Crippen LogP contribution in [0.3, 0.4) is 0 Å². The van der Waals surface area contributed by atoms with Crippen molar-refractivity contribution in [3.8, 4) is 11.8 Å². The maximum Gasteiger partial charge on any atom is 0.273 e. The molecule has 1 fully saturated rings. The molecule has 150 valence electrons. The molecule has 4 rings (SSSR count). The molecule has 8 heteroatoms. The molecule has 0 aliphatic carbocycles. The number of nitrogens with zero attached hydrogens (tertiary/aromatic N) is 4. The zero-order chi connectivity index (χ0) is 20.9. The smallest absolute Gasteiger partial charge is 0.273 e. The first kappa shape index (κ1) is 19.8. The Bertz CT molecular complexity index is 1270. The Morgan fingerprint density at radius 3 is 2.60 bits per heavy atom. The number of carbonyl (C=O) groups excluding carboxylic acids is 1. The molecule has 2 aromatic heterocycles. The number of thiazole rings is 1. The third-order valence-electron chi connectivity index (χ3n) is 4.66. The molecule has 0 radical (unpaired) electrons. The van der Waals surface area contributed by atoms with E-state index in [9.17, 15) is 14.9 Å². The molecule has 0 atom stereocenters. The van der Waals surface area contributed by atoms with Gasteiger partial charge in [-0.25, -0.2) is 0 Å². The Balaban J connectivity index is 1.98. The van der Waals surface area contributed by atoms with Crippen molar-refractivity contribution in [2.24, 2.45) is 0 Å². The van der Waals surface area contributed by atoms with E-state index in [1.165, 1.54) is 4.57 Å². The zero-order valence-corrected chi connectivity index (χ0v) is 16.8. The highest BCUT2D eigenvalue weighted by atomic mass is 32.1. The largest absolute Gasteiger partial charge is 0.378 e. The second-order valence-corrected chi connectivity index (χ2v) is 7.60. The highest BCUT2D eigenvalue weighted by molar-refractivity contribution is 7.07. The van der Waals surface area contributed by atoms with Crippen molar-refractivity contribution in [3.05, 3.63) is 80.0 Å². The Labute approximate surface area is 176 Å². The van der Waals surface area contributed by atoms with Gasteiger partial charge in [0.25, 0.3) is 11.5 Å². The van der Waals surface area contributed by atoms with Crippen LogP contribution < -0.4 is 14.8 Å². The van der Waals surface area contributed by atoms with Crippen LogP contribution >= 0.6 is 11.3 Å². The van der Waals surface area contributed by atoms with Crippen LogP contribution in [0, 0.1) is 11.3 Å². The van der Waals surface area contributed by atoms with E-state index in [1.807, 2.05) is 30.3 Å². The minimum Gasteiger partial charge on any atom is -0.378 e. The summed E-state index contributed by atoms with van der Waals surface area (Å²) < 4.78 is 7.48. The van der Waals surface area contributed by atoms with E-state index in [-0.39, 0.29) is 17.0 Å². The van der Waals surface area contributed by atoms with Crippen LogP contribution in [-0.4, -0.2) is 46.7 Å². The van der Waals surface area contributed by atoms with Crippen LogP contribution in [0.4, 0.5) is 0 Å². The van der Waals surface area contributed by atoms with Gasteiger partial charge in [0.05, 0.1) is 23.4 Å². The fourth-order valence-corrected chi connectivity index (χ4v) is 4.28. The molecule has 7 nitrogen and oxygen atoms in total. The summed E-state index contributed by atoms with van der Waals surface area (Å²) in [6, 6.07) is 14.7. The van der Waals surface area contributed by atoms with Gasteiger partial charge in [-0.05, 0) is 29.8 Å². The maximum atomic E-state index is 13.3. The van der Waals surface area contributed by atoms with Crippen LogP contribution in [-0.2, 0) is 9.53 Å². The molecule has 1 aromatic carbocycles. The summed E-state index contributed by atoms with van der Waals surface area (Å²) in [5, 5.41) is 9.85. The van der Waals surface area contributed by atoms with Gasteiger partial charge >= 0.3 is 0 Å². The highest BCUT2D eigenvalue weighted by Crippen LogP contribution is 2.07. The molecule has 0 N–H and O–H groups in total. The van der Waals surface area contributed by atoms with Crippen molar-refractivity contribution in [1.82, 2.24) is 14.5 Å². The lowest BCUT2D eigenvalue weighted by Crippen LogP contribution is -2.42. The number of para-hydroxylation sites is 1. The average Bonchev–Trinajstić information content (AvgIpc) is 3.11. The van der Waals surface area contributed by atoms with E-state index >= 15 is 0 Å². The van der Waals surface area contributed by atoms with Gasteiger partial charge in [-0.15, -0.1) is 11.3 Å². The molecule has 3 heterocycles. The summed E-state index contributed by atoms with van der Waals surface area (Å²) in [6.07, 6.45) is 5.03. The van der Waals surface area contributed by atoms with Crippen LogP contribution in [0.5, 0.6) is 0 Å². The molecule has 3 aromatic rings. The minimum atomic E-state index is -0.389. The van der Waals surface area contributed by atoms with Crippen LogP contribution in [0.15, 0.2) is 59.7 Å². The van der Waals surface area contributed by atoms with Crippen LogP contribution in [0.1, 0.15) is 5.56 Å². The van der Waals surface area contributed by atoms with E-state index in [0.717, 1.165) is 16.9 Å². The summed E-state index contributed by atoms with van der Waals surface area (Å²) in [7, 11) is 0. The molecule has 1 saturated heterocycles. The van der Waals surface area contributed by atoms with Crippen molar-refractivity contribution >= 4 is 28.9 Å². The molecule has 1 aliphatic heterocycles. The van der Waals surface area contributed by atoms with E-state index in [0.29, 0.717) is 41.2 Å². The number of aromatic nitrogens is 2. The van der Waals surface area contributed by atoms with Gasteiger partial charge in [-0.1, -0.05) is 24.3 Å². The first-order valence-electron chi connectivity index (χ1n) is 9.39. The first-order valence-corrected chi connectivity index (χ1v) is 10.2.